The van der Waals surface area contributed by atoms with Crippen LogP contribution in [0.15, 0.2) is 6.20 Å². The standard InChI is InChI=1S/C10H19N3/c1-8-7-12-9(13-8)11-6-5-10(2,3)4/h7H,5-6H2,1-4H3,(H2,11,12,13). The zero-order chi connectivity index (χ0) is 9.90. The van der Waals surface area contributed by atoms with Gasteiger partial charge in [-0.1, -0.05) is 20.8 Å². The summed E-state index contributed by atoms with van der Waals surface area (Å²) in [7, 11) is 0. The summed E-state index contributed by atoms with van der Waals surface area (Å²) in [5.74, 6) is 0.877. The molecule has 1 aromatic rings. The van der Waals surface area contributed by atoms with Crippen LogP contribution >= 0.6 is 0 Å². The Kier molecular flexibility index (Phi) is 2.96. The van der Waals surface area contributed by atoms with Crippen LogP contribution in [0.4, 0.5) is 5.95 Å². The van der Waals surface area contributed by atoms with E-state index in [1.54, 1.807) is 0 Å². The van der Waals surface area contributed by atoms with E-state index >= 15 is 0 Å². The molecule has 3 heteroatoms. The number of aromatic nitrogens is 2. The molecule has 2 N–H and O–H groups in total. The predicted octanol–water partition coefficient (Wildman–Crippen LogP) is 2.57. The van der Waals surface area contributed by atoms with Gasteiger partial charge in [-0.3, -0.25) is 0 Å². The number of hydrogen-bond acceptors (Lipinski definition) is 2. The first-order valence-electron chi connectivity index (χ1n) is 4.73. The Morgan fingerprint density at radius 1 is 1.46 bits per heavy atom. The van der Waals surface area contributed by atoms with Gasteiger partial charge in [0, 0.05) is 18.4 Å². The molecule has 13 heavy (non-hydrogen) atoms. The monoisotopic (exact) mass is 181 g/mol. The average Bonchev–Trinajstić information content (AvgIpc) is 2.33. The average molecular weight is 181 g/mol. The molecule has 1 aromatic heterocycles. The smallest absolute Gasteiger partial charge is 0.200 e. The molecule has 0 atom stereocenters. The van der Waals surface area contributed by atoms with E-state index in [4.69, 9.17) is 0 Å². The van der Waals surface area contributed by atoms with E-state index < -0.39 is 0 Å². The molecule has 0 aliphatic carbocycles. The maximum Gasteiger partial charge on any atom is 0.200 e. The van der Waals surface area contributed by atoms with Crippen molar-refractivity contribution in [2.24, 2.45) is 5.41 Å². The highest BCUT2D eigenvalue weighted by molar-refractivity contribution is 5.25. The molecule has 0 aromatic carbocycles. The quantitative estimate of drug-likeness (QED) is 0.752. The van der Waals surface area contributed by atoms with Gasteiger partial charge in [0.2, 0.25) is 0 Å². The van der Waals surface area contributed by atoms with E-state index in [1.807, 2.05) is 13.1 Å². The Bertz CT molecular complexity index is 257. The molecule has 0 spiro atoms. The highest BCUT2D eigenvalue weighted by Gasteiger charge is 2.09. The predicted molar refractivity (Wildman–Crippen MR) is 55.9 cm³/mol. The number of hydrogen-bond donors (Lipinski definition) is 2. The van der Waals surface area contributed by atoms with Gasteiger partial charge in [0.1, 0.15) is 0 Å². The maximum absolute atomic E-state index is 4.17. The number of H-pyrrole nitrogens is 1. The minimum atomic E-state index is 0.384. The molecule has 1 rings (SSSR count). The van der Waals surface area contributed by atoms with Crippen molar-refractivity contribution in [2.75, 3.05) is 11.9 Å². The molecule has 1 heterocycles. The highest BCUT2D eigenvalue weighted by atomic mass is 15.1. The Labute approximate surface area is 80.0 Å². The molecule has 0 radical (unpaired) electrons. The summed E-state index contributed by atoms with van der Waals surface area (Å²) in [6.45, 7) is 9.69. The van der Waals surface area contributed by atoms with Gasteiger partial charge in [-0.25, -0.2) is 4.98 Å². The van der Waals surface area contributed by atoms with Crippen molar-refractivity contribution >= 4 is 5.95 Å². The lowest BCUT2D eigenvalue weighted by Gasteiger charge is -2.17. The molecule has 0 unspecified atom stereocenters. The van der Waals surface area contributed by atoms with Gasteiger partial charge in [-0.15, -0.1) is 0 Å². The van der Waals surface area contributed by atoms with Gasteiger partial charge in [-0.05, 0) is 18.8 Å². The number of nitrogens with zero attached hydrogens (tertiary/aromatic N) is 1. The Balaban J connectivity index is 2.28. The van der Waals surface area contributed by atoms with E-state index in [0.29, 0.717) is 5.41 Å². The van der Waals surface area contributed by atoms with Crippen LogP contribution in [-0.4, -0.2) is 16.5 Å². The number of imidazole rings is 1. The first kappa shape index (κ1) is 10.1. The second-order valence-corrected chi connectivity index (χ2v) is 4.65. The summed E-state index contributed by atoms with van der Waals surface area (Å²) in [5, 5.41) is 3.26. The molecule has 0 saturated carbocycles. The van der Waals surface area contributed by atoms with Gasteiger partial charge >= 0.3 is 0 Å². The molecular formula is C10H19N3. The van der Waals surface area contributed by atoms with Crippen LogP contribution in [-0.2, 0) is 0 Å². The third kappa shape index (κ3) is 3.97. The first-order chi connectivity index (χ1) is 5.97. The minimum Gasteiger partial charge on any atom is -0.356 e. The molecule has 0 aliphatic heterocycles. The van der Waals surface area contributed by atoms with Gasteiger partial charge in [0.15, 0.2) is 5.95 Å². The van der Waals surface area contributed by atoms with E-state index in [-0.39, 0.29) is 0 Å². The minimum absolute atomic E-state index is 0.384. The summed E-state index contributed by atoms with van der Waals surface area (Å²) in [5.41, 5.74) is 1.48. The molecule has 0 amide bonds. The van der Waals surface area contributed by atoms with Crippen molar-refractivity contribution in [2.45, 2.75) is 34.1 Å². The number of rotatable bonds is 3. The van der Waals surface area contributed by atoms with Crippen LogP contribution < -0.4 is 5.32 Å². The third-order valence-corrected chi connectivity index (χ3v) is 1.87. The van der Waals surface area contributed by atoms with E-state index in [2.05, 4.69) is 36.1 Å². The van der Waals surface area contributed by atoms with Gasteiger partial charge in [-0.2, -0.15) is 0 Å². The number of nitrogens with one attached hydrogen (secondary N) is 2. The van der Waals surface area contributed by atoms with Crippen molar-refractivity contribution in [3.05, 3.63) is 11.9 Å². The SMILES string of the molecule is Cc1cnc(NCCC(C)(C)C)[nH]1. The third-order valence-electron chi connectivity index (χ3n) is 1.87. The zero-order valence-electron chi connectivity index (χ0n) is 8.94. The van der Waals surface area contributed by atoms with Crippen LogP contribution in [0.1, 0.15) is 32.9 Å². The van der Waals surface area contributed by atoms with E-state index in [0.717, 1.165) is 24.6 Å². The summed E-state index contributed by atoms with van der Waals surface area (Å²) >= 11 is 0. The maximum atomic E-state index is 4.17. The second-order valence-electron chi connectivity index (χ2n) is 4.65. The second kappa shape index (κ2) is 3.81. The van der Waals surface area contributed by atoms with Crippen molar-refractivity contribution in [3.63, 3.8) is 0 Å². The van der Waals surface area contributed by atoms with Gasteiger partial charge in [0.25, 0.3) is 0 Å². The van der Waals surface area contributed by atoms with Crippen LogP contribution in [0.2, 0.25) is 0 Å². The van der Waals surface area contributed by atoms with E-state index in [1.165, 1.54) is 0 Å². The summed E-state index contributed by atoms with van der Waals surface area (Å²) in [4.78, 5) is 7.31. The fraction of sp³-hybridized carbons (Fsp3) is 0.700. The van der Waals surface area contributed by atoms with Crippen molar-refractivity contribution in [1.82, 2.24) is 9.97 Å². The molecule has 0 aliphatic rings. The Morgan fingerprint density at radius 3 is 2.62 bits per heavy atom. The lowest BCUT2D eigenvalue weighted by atomic mass is 9.92. The van der Waals surface area contributed by atoms with Crippen LogP contribution in [0.3, 0.4) is 0 Å². The Morgan fingerprint density at radius 2 is 2.15 bits per heavy atom. The lowest BCUT2D eigenvalue weighted by Crippen LogP contribution is -2.13. The van der Waals surface area contributed by atoms with Gasteiger partial charge in [0.05, 0.1) is 0 Å². The van der Waals surface area contributed by atoms with Crippen molar-refractivity contribution in [1.29, 1.82) is 0 Å². The van der Waals surface area contributed by atoms with E-state index in [9.17, 15) is 0 Å². The van der Waals surface area contributed by atoms with Gasteiger partial charge < -0.3 is 10.3 Å². The Hall–Kier alpha value is -0.990. The fourth-order valence-electron chi connectivity index (χ4n) is 1.06. The molecule has 0 bridgehead atoms. The normalized spacial score (nSPS) is 11.7. The number of anilines is 1. The van der Waals surface area contributed by atoms with Crippen LogP contribution in [0.25, 0.3) is 0 Å². The largest absolute Gasteiger partial charge is 0.356 e. The molecule has 0 saturated heterocycles. The molecule has 74 valence electrons. The van der Waals surface area contributed by atoms with Crippen molar-refractivity contribution in [3.8, 4) is 0 Å². The topological polar surface area (TPSA) is 40.7 Å². The summed E-state index contributed by atoms with van der Waals surface area (Å²) < 4.78 is 0. The zero-order valence-corrected chi connectivity index (χ0v) is 8.94. The number of aromatic amines is 1. The molecule has 0 fully saturated rings. The molecule has 3 nitrogen and oxygen atoms in total. The lowest BCUT2D eigenvalue weighted by molar-refractivity contribution is 0.389. The fourth-order valence-corrected chi connectivity index (χ4v) is 1.06. The van der Waals surface area contributed by atoms with Crippen molar-refractivity contribution < 1.29 is 0 Å². The highest BCUT2D eigenvalue weighted by Crippen LogP contribution is 2.17. The molecular weight excluding hydrogens is 162 g/mol. The summed E-state index contributed by atoms with van der Waals surface area (Å²) in [6.07, 6.45) is 2.98. The number of aryl methyl sites for hydroxylation is 1. The summed E-state index contributed by atoms with van der Waals surface area (Å²) in [6, 6.07) is 0. The van der Waals surface area contributed by atoms with Crippen LogP contribution in [0, 0.1) is 12.3 Å². The first-order valence-corrected chi connectivity index (χ1v) is 4.73. The van der Waals surface area contributed by atoms with Crippen LogP contribution in [0.5, 0.6) is 0 Å².